The largest absolute Gasteiger partial charge is 0.207 e. The molecule has 0 aliphatic heterocycles. The lowest BCUT2D eigenvalue weighted by molar-refractivity contribution is 0.617. The predicted octanol–water partition coefficient (Wildman–Crippen LogP) is 4.31. The molecule has 0 atom stereocenters. The van der Waals surface area contributed by atoms with Gasteiger partial charge in [-0.3, -0.25) is 0 Å². The van der Waals surface area contributed by atoms with Crippen molar-refractivity contribution in [2.24, 2.45) is 0 Å². The molecule has 0 fully saturated rings. The van der Waals surface area contributed by atoms with Crippen molar-refractivity contribution in [1.29, 1.82) is 0 Å². The van der Waals surface area contributed by atoms with Gasteiger partial charge in [0.15, 0.2) is 0 Å². The van der Waals surface area contributed by atoms with Crippen molar-refractivity contribution in [3.05, 3.63) is 31.4 Å². The number of hydrogen-bond donors (Lipinski definition) is 0. The third-order valence-corrected chi connectivity index (χ3v) is 4.22. The highest BCUT2D eigenvalue weighted by molar-refractivity contribution is 9.13. The average molecular weight is 302 g/mol. The highest BCUT2D eigenvalue weighted by atomic mass is 79.9. The molecule has 0 saturated heterocycles. The number of benzene rings is 1. The van der Waals surface area contributed by atoms with Crippen LogP contribution in [0, 0.1) is 12.7 Å². The number of rotatable bonds is 0. The summed E-state index contributed by atoms with van der Waals surface area (Å²) in [5.41, 5.74) is 0.557. The van der Waals surface area contributed by atoms with Gasteiger partial charge in [-0.1, -0.05) is 11.6 Å². The maximum Gasteiger partial charge on any atom is 0.128 e. The minimum atomic E-state index is -0.301. The SMILES string of the molecule is Cc1c(F)cc(Cl)c(Br)c1Br. The van der Waals surface area contributed by atoms with Gasteiger partial charge in [-0.2, -0.15) is 0 Å². The molecule has 0 spiro atoms. The topological polar surface area (TPSA) is 0 Å². The monoisotopic (exact) mass is 300 g/mol. The van der Waals surface area contributed by atoms with E-state index in [1.807, 2.05) is 0 Å². The van der Waals surface area contributed by atoms with E-state index < -0.39 is 0 Å². The van der Waals surface area contributed by atoms with Gasteiger partial charge in [-0.15, -0.1) is 0 Å². The van der Waals surface area contributed by atoms with E-state index in [1.54, 1.807) is 6.92 Å². The fourth-order valence-corrected chi connectivity index (χ4v) is 1.78. The van der Waals surface area contributed by atoms with Crippen molar-refractivity contribution >= 4 is 43.5 Å². The molecule has 11 heavy (non-hydrogen) atoms. The fourth-order valence-electron chi connectivity index (χ4n) is 0.657. The van der Waals surface area contributed by atoms with Crippen LogP contribution in [0.3, 0.4) is 0 Å². The van der Waals surface area contributed by atoms with Crippen LogP contribution in [0.4, 0.5) is 4.39 Å². The molecule has 1 rings (SSSR count). The number of hydrogen-bond acceptors (Lipinski definition) is 0. The van der Waals surface area contributed by atoms with Crippen molar-refractivity contribution in [2.45, 2.75) is 6.92 Å². The Bertz CT molecular complexity index is 273. The highest BCUT2D eigenvalue weighted by Gasteiger charge is 2.09. The van der Waals surface area contributed by atoms with Crippen molar-refractivity contribution < 1.29 is 4.39 Å². The van der Waals surface area contributed by atoms with Gasteiger partial charge in [0.25, 0.3) is 0 Å². The summed E-state index contributed by atoms with van der Waals surface area (Å²) in [5.74, 6) is -0.301. The Balaban J connectivity index is 3.46. The van der Waals surface area contributed by atoms with Gasteiger partial charge in [-0.05, 0) is 44.8 Å². The summed E-state index contributed by atoms with van der Waals surface area (Å²) in [7, 11) is 0. The van der Waals surface area contributed by atoms with Gasteiger partial charge in [0.05, 0.1) is 9.50 Å². The lowest BCUT2D eigenvalue weighted by atomic mass is 10.2. The lowest BCUT2D eigenvalue weighted by Gasteiger charge is -2.03. The van der Waals surface area contributed by atoms with Crippen LogP contribution in [-0.4, -0.2) is 0 Å². The van der Waals surface area contributed by atoms with E-state index in [-0.39, 0.29) is 5.82 Å². The van der Waals surface area contributed by atoms with Crippen molar-refractivity contribution in [3.8, 4) is 0 Å². The zero-order chi connectivity index (χ0) is 8.59. The first-order chi connectivity index (χ1) is 5.04. The van der Waals surface area contributed by atoms with Gasteiger partial charge in [0.2, 0.25) is 0 Å². The van der Waals surface area contributed by atoms with Gasteiger partial charge in [0.1, 0.15) is 5.82 Å². The van der Waals surface area contributed by atoms with Crippen LogP contribution in [0.15, 0.2) is 15.0 Å². The molecule has 0 aliphatic rings. The third-order valence-electron chi connectivity index (χ3n) is 1.34. The second-order valence-corrected chi connectivity index (χ2v) is 4.09. The Morgan fingerprint density at radius 3 is 2.45 bits per heavy atom. The summed E-state index contributed by atoms with van der Waals surface area (Å²) >= 11 is 12.1. The Morgan fingerprint density at radius 2 is 1.91 bits per heavy atom. The molecule has 0 unspecified atom stereocenters. The van der Waals surface area contributed by atoms with Crippen molar-refractivity contribution in [3.63, 3.8) is 0 Å². The van der Waals surface area contributed by atoms with Crippen LogP contribution >= 0.6 is 43.5 Å². The van der Waals surface area contributed by atoms with E-state index in [2.05, 4.69) is 31.9 Å². The summed E-state index contributed by atoms with van der Waals surface area (Å²) in [6.45, 7) is 1.68. The Hall–Kier alpha value is 0.400. The van der Waals surface area contributed by atoms with E-state index in [0.29, 0.717) is 19.5 Å². The minimum Gasteiger partial charge on any atom is -0.207 e. The van der Waals surface area contributed by atoms with Gasteiger partial charge >= 0.3 is 0 Å². The predicted molar refractivity (Wildman–Crippen MR) is 51.5 cm³/mol. The third kappa shape index (κ3) is 1.76. The van der Waals surface area contributed by atoms with Crippen LogP contribution in [0.5, 0.6) is 0 Å². The molecule has 1 aromatic carbocycles. The molecule has 0 amide bonds. The molecular weight excluding hydrogens is 298 g/mol. The first-order valence-corrected chi connectivity index (χ1v) is 4.80. The molecule has 0 saturated carbocycles. The first kappa shape index (κ1) is 9.49. The summed E-state index contributed by atoms with van der Waals surface area (Å²) in [6.07, 6.45) is 0. The van der Waals surface area contributed by atoms with Gasteiger partial charge in [-0.25, -0.2) is 4.39 Å². The molecule has 0 bridgehead atoms. The van der Waals surface area contributed by atoms with Crippen LogP contribution < -0.4 is 0 Å². The summed E-state index contributed by atoms with van der Waals surface area (Å²) in [6, 6.07) is 1.28. The van der Waals surface area contributed by atoms with Gasteiger partial charge < -0.3 is 0 Å². The van der Waals surface area contributed by atoms with E-state index >= 15 is 0 Å². The zero-order valence-electron chi connectivity index (χ0n) is 5.59. The van der Waals surface area contributed by atoms with Crippen molar-refractivity contribution in [1.82, 2.24) is 0 Å². The van der Waals surface area contributed by atoms with Crippen LogP contribution in [0.25, 0.3) is 0 Å². The van der Waals surface area contributed by atoms with E-state index in [0.717, 1.165) is 0 Å². The highest BCUT2D eigenvalue weighted by Crippen LogP contribution is 2.34. The molecule has 60 valence electrons. The second kappa shape index (κ2) is 3.42. The Kier molecular flexibility index (Phi) is 2.95. The Morgan fingerprint density at radius 1 is 1.36 bits per heavy atom. The van der Waals surface area contributed by atoms with Crippen LogP contribution in [-0.2, 0) is 0 Å². The Labute approximate surface area is 86.0 Å². The molecular formula is C7H4Br2ClF. The summed E-state index contributed by atoms with van der Waals surface area (Å²) < 4.78 is 14.2. The van der Waals surface area contributed by atoms with E-state index in [9.17, 15) is 4.39 Å². The minimum absolute atomic E-state index is 0.301. The maximum atomic E-state index is 12.9. The molecule has 0 radical (unpaired) electrons. The standard InChI is InChI=1S/C7H4Br2ClF/c1-3-5(11)2-4(10)7(9)6(3)8/h2H,1H3. The second-order valence-electron chi connectivity index (χ2n) is 2.09. The van der Waals surface area contributed by atoms with Gasteiger partial charge in [0, 0.05) is 10.0 Å². The summed E-state index contributed by atoms with van der Waals surface area (Å²) in [5, 5.41) is 0.375. The van der Waals surface area contributed by atoms with Crippen LogP contribution in [0.2, 0.25) is 5.02 Å². The quantitative estimate of drug-likeness (QED) is 0.495. The first-order valence-electron chi connectivity index (χ1n) is 2.83. The molecule has 4 heteroatoms. The number of halogens is 4. The lowest BCUT2D eigenvalue weighted by Crippen LogP contribution is -1.85. The van der Waals surface area contributed by atoms with Crippen LogP contribution in [0.1, 0.15) is 5.56 Å². The fraction of sp³-hybridized carbons (Fsp3) is 0.143. The van der Waals surface area contributed by atoms with Crippen molar-refractivity contribution in [2.75, 3.05) is 0 Å². The molecule has 0 aromatic heterocycles. The zero-order valence-corrected chi connectivity index (χ0v) is 9.52. The normalized spacial score (nSPS) is 10.3. The molecule has 0 aliphatic carbocycles. The average Bonchev–Trinajstić information content (AvgIpc) is 1.97. The molecule has 0 nitrogen and oxygen atoms in total. The molecule has 1 aromatic rings. The molecule has 0 heterocycles. The van der Waals surface area contributed by atoms with E-state index in [4.69, 9.17) is 11.6 Å². The maximum absolute atomic E-state index is 12.9. The summed E-state index contributed by atoms with van der Waals surface area (Å²) in [4.78, 5) is 0. The van der Waals surface area contributed by atoms with E-state index in [1.165, 1.54) is 6.07 Å². The smallest absolute Gasteiger partial charge is 0.128 e. The molecule has 0 N–H and O–H groups in total.